The Labute approximate surface area is 142 Å². The van der Waals surface area contributed by atoms with Crippen molar-refractivity contribution in [2.24, 2.45) is 0 Å². The summed E-state index contributed by atoms with van der Waals surface area (Å²) >= 11 is 18.5. The maximum Gasteiger partial charge on any atom is 0.0625 e. The van der Waals surface area contributed by atoms with Crippen molar-refractivity contribution in [3.63, 3.8) is 0 Å². The molecule has 0 radical (unpaired) electrons. The normalized spacial score (nSPS) is 14.0. The zero-order chi connectivity index (χ0) is 15.4. The van der Waals surface area contributed by atoms with Gasteiger partial charge < -0.3 is 0 Å². The molecular weight excluding hydrogens is 323 g/mol. The zero-order valence-corrected chi connectivity index (χ0v) is 14.5. The average Bonchev–Trinajstić information content (AvgIpc) is 2.50. The number of hydrogen-bond acceptors (Lipinski definition) is 0. The van der Waals surface area contributed by atoms with Crippen LogP contribution in [-0.4, -0.2) is 0 Å². The first-order valence-corrected chi connectivity index (χ1v) is 8.38. The summed E-state index contributed by atoms with van der Waals surface area (Å²) < 4.78 is 0. The van der Waals surface area contributed by atoms with Gasteiger partial charge in [0.1, 0.15) is 0 Å². The highest BCUT2D eigenvalue weighted by atomic mass is 35.5. The predicted octanol–water partition coefficient (Wildman–Crippen LogP) is 7.03. The van der Waals surface area contributed by atoms with E-state index >= 15 is 0 Å². The number of rotatable bonds is 5. The Morgan fingerprint density at radius 2 is 1.52 bits per heavy atom. The molecule has 0 spiro atoms. The number of hydrogen-bond donors (Lipinski definition) is 0. The summed E-state index contributed by atoms with van der Waals surface area (Å²) in [5, 5.41) is 1.09. The lowest BCUT2D eigenvalue weighted by molar-refractivity contribution is 0.732. The molecule has 3 heteroatoms. The number of alkyl halides is 1. The highest BCUT2D eigenvalue weighted by Crippen LogP contribution is 2.30. The Hall–Kier alpha value is -0.690. The molecule has 0 N–H and O–H groups in total. The first kappa shape index (κ1) is 16.7. The van der Waals surface area contributed by atoms with E-state index in [1.807, 2.05) is 18.2 Å². The van der Waals surface area contributed by atoms with Gasteiger partial charge in [-0.3, -0.25) is 0 Å². The molecule has 0 saturated heterocycles. The van der Waals surface area contributed by atoms with Gasteiger partial charge in [0.25, 0.3) is 0 Å². The summed E-state index contributed by atoms with van der Waals surface area (Å²) in [4.78, 5) is 0. The lowest BCUT2D eigenvalue weighted by Crippen LogP contribution is -1.97. The molecule has 0 aliphatic carbocycles. The van der Waals surface area contributed by atoms with Gasteiger partial charge in [0.2, 0.25) is 0 Å². The fourth-order valence-corrected chi connectivity index (χ4v) is 2.90. The summed E-state index contributed by atoms with van der Waals surface area (Å²) in [6.07, 6.45) is 1.88. The van der Waals surface area contributed by atoms with Crippen LogP contribution in [-0.2, 0) is 6.42 Å². The van der Waals surface area contributed by atoms with E-state index in [-0.39, 0.29) is 5.38 Å². The first-order chi connectivity index (χ1) is 10.0. The van der Waals surface area contributed by atoms with E-state index in [1.165, 1.54) is 5.56 Å². The fraction of sp³-hybridized carbons (Fsp3) is 0.333. The minimum Gasteiger partial charge on any atom is -0.117 e. The van der Waals surface area contributed by atoms with Crippen LogP contribution in [0.3, 0.4) is 0 Å². The van der Waals surface area contributed by atoms with Gasteiger partial charge in [-0.2, -0.15) is 0 Å². The van der Waals surface area contributed by atoms with E-state index in [1.54, 1.807) is 0 Å². The highest BCUT2D eigenvalue weighted by molar-refractivity contribution is 6.42. The molecule has 2 atom stereocenters. The molecule has 2 aromatic carbocycles. The van der Waals surface area contributed by atoms with Crippen molar-refractivity contribution in [2.45, 2.75) is 38.0 Å². The van der Waals surface area contributed by atoms with Crippen LogP contribution >= 0.6 is 34.8 Å². The molecule has 0 heterocycles. The quantitative estimate of drug-likeness (QED) is 0.512. The van der Waals surface area contributed by atoms with Crippen molar-refractivity contribution in [1.82, 2.24) is 0 Å². The second-order valence-corrected chi connectivity index (χ2v) is 6.74. The van der Waals surface area contributed by atoms with Crippen LogP contribution in [0, 0.1) is 0 Å². The molecule has 0 saturated carbocycles. The van der Waals surface area contributed by atoms with Crippen LogP contribution in [0.4, 0.5) is 0 Å². The standard InChI is InChI=1S/C18H19Cl3/c1-3-12(2)14-5-7-15(8-6-14)17(20)10-13-4-9-16(19)18(21)11-13/h4-9,11-12,17H,3,10H2,1-2H3. The molecule has 2 unspecified atom stereocenters. The van der Waals surface area contributed by atoms with Gasteiger partial charge in [-0.25, -0.2) is 0 Å². The fourth-order valence-electron chi connectivity index (χ4n) is 2.26. The molecule has 0 nitrogen and oxygen atoms in total. The maximum absolute atomic E-state index is 6.52. The van der Waals surface area contributed by atoms with Crippen molar-refractivity contribution in [3.8, 4) is 0 Å². The van der Waals surface area contributed by atoms with Crippen molar-refractivity contribution >= 4 is 34.8 Å². The molecule has 0 aliphatic heterocycles. The van der Waals surface area contributed by atoms with E-state index in [0.717, 1.165) is 24.0 Å². The molecule has 112 valence electrons. The Morgan fingerprint density at radius 1 is 0.905 bits per heavy atom. The lowest BCUT2D eigenvalue weighted by Gasteiger charge is -2.13. The van der Waals surface area contributed by atoms with Gasteiger partial charge in [-0.05, 0) is 47.6 Å². The monoisotopic (exact) mass is 340 g/mol. The summed E-state index contributed by atoms with van der Waals surface area (Å²) in [5.41, 5.74) is 3.59. The molecule has 2 rings (SSSR count). The van der Waals surface area contributed by atoms with Crippen molar-refractivity contribution in [1.29, 1.82) is 0 Å². The smallest absolute Gasteiger partial charge is 0.0625 e. The predicted molar refractivity (Wildman–Crippen MR) is 93.9 cm³/mol. The highest BCUT2D eigenvalue weighted by Gasteiger charge is 2.11. The number of benzene rings is 2. The molecule has 0 aromatic heterocycles. The van der Waals surface area contributed by atoms with Gasteiger partial charge in [0, 0.05) is 0 Å². The molecule has 0 fully saturated rings. The lowest BCUT2D eigenvalue weighted by atomic mass is 9.96. The van der Waals surface area contributed by atoms with Crippen LogP contribution in [0.15, 0.2) is 42.5 Å². The third-order valence-corrected chi connectivity index (χ3v) is 5.02. The Bertz CT molecular complexity index is 590. The Balaban J connectivity index is 2.09. The molecule has 2 aromatic rings. The van der Waals surface area contributed by atoms with E-state index in [0.29, 0.717) is 16.0 Å². The third kappa shape index (κ3) is 4.39. The van der Waals surface area contributed by atoms with Gasteiger partial charge in [0.15, 0.2) is 0 Å². The average molecular weight is 342 g/mol. The van der Waals surface area contributed by atoms with E-state index in [2.05, 4.69) is 38.1 Å². The Morgan fingerprint density at radius 3 is 2.10 bits per heavy atom. The summed E-state index contributed by atoms with van der Waals surface area (Å²) in [6.45, 7) is 4.44. The topological polar surface area (TPSA) is 0 Å². The Kier molecular flexibility index (Phi) is 5.98. The summed E-state index contributed by atoms with van der Waals surface area (Å²) in [5.74, 6) is 0.586. The molecule has 0 amide bonds. The second-order valence-electron chi connectivity index (χ2n) is 5.40. The van der Waals surface area contributed by atoms with Crippen molar-refractivity contribution in [3.05, 3.63) is 69.2 Å². The van der Waals surface area contributed by atoms with Crippen LogP contribution in [0.25, 0.3) is 0 Å². The van der Waals surface area contributed by atoms with Crippen LogP contribution in [0.2, 0.25) is 10.0 Å². The summed E-state index contributed by atoms with van der Waals surface area (Å²) in [7, 11) is 0. The van der Waals surface area contributed by atoms with Gasteiger partial charge >= 0.3 is 0 Å². The van der Waals surface area contributed by atoms with E-state index < -0.39 is 0 Å². The maximum atomic E-state index is 6.52. The first-order valence-electron chi connectivity index (χ1n) is 7.19. The zero-order valence-electron chi connectivity index (χ0n) is 12.2. The minimum atomic E-state index is -0.0618. The van der Waals surface area contributed by atoms with Crippen molar-refractivity contribution < 1.29 is 0 Å². The SMILES string of the molecule is CCC(C)c1ccc(C(Cl)Cc2ccc(Cl)c(Cl)c2)cc1. The van der Waals surface area contributed by atoms with Gasteiger partial charge in [-0.15, -0.1) is 11.6 Å². The van der Waals surface area contributed by atoms with Gasteiger partial charge in [-0.1, -0.05) is 67.4 Å². The van der Waals surface area contributed by atoms with Crippen LogP contribution < -0.4 is 0 Å². The van der Waals surface area contributed by atoms with Crippen molar-refractivity contribution in [2.75, 3.05) is 0 Å². The number of halogens is 3. The minimum absolute atomic E-state index is 0.0618. The third-order valence-electron chi connectivity index (χ3n) is 3.88. The van der Waals surface area contributed by atoms with Crippen LogP contribution in [0.1, 0.15) is 48.3 Å². The van der Waals surface area contributed by atoms with Gasteiger partial charge in [0.05, 0.1) is 15.4 Å². The van der Waals surface area contributed by atoms with E-state index in [9.17, 15) is 0 Å². The van der Waals surface area contributed by atoms with Crippen LogP contribution in [0.5, 0.6) is 0 Å². The largest absolute Gasteiger partial charge is 0.117 e. The van der Waals surface area contributed by atoms with E-state index in [4.69, 9.17) is 34.8 Å². The molecular formula is C18H19Cl3. The molecule has 21 heavy (non-hydrogen) atoms. The molecule has 0 bridgehead atoms. The second kappa shape index (κ2) is 7.54. The summed E-state index contributed by atoms with van der Waals surface area (Å²) in [6, 6.07) is 14.3. The molecule has 0 aliphatic rings.